The minimum Gasteiger partial charge on any atom is -0.381 e. The number of hydrogen-bond acceptors (Lipinski definition) is 3. The number of rotatable bonds is 4. The molecule has 1 aromatic heterocycles. The third-order valence-corrected chi connectivity index (χ3v) is 4.54. The molecule has 2 saturated heterocycles. The third-order valence-electron chi connectivity index (χ3n) is 4.54. The van der Waals surface area contributed by atoms with Crippen LogP contribution < -0.4 is 5.32 Å². The van der Waals surface area contributed by atoms with Gasteiger partial charge in [0.15, 0.2) is 5.96 Å². The summed E-state index contributed by atoms with van der Waals surface area (Å²) >= 11 is 0. The molecule has 2 aliphatic heterocycles. The maximum absolute atomic E-state index is 5.59. The molecule has 0 saturated carbocycles. The molecule has 21 heavy (non-hydrogen) atoms. The van der Waals surface area contributed by atoms with Crippen LogP contribution in [0.2, 0.25) is 0 Å². The van der Waals surface area contributed by atoms with Crippen molar-refractivity contribution in [2.24, 2.45) is 10.4 Å². The van der Waals surface area contributed by atoms with E-state index in [2.05, 4.69) is 20.3 Å². The van der Waals surface area contributed by atoms with E-state index >= 15 is 0 Å². The second-order valence-electron chi connectivity index (χ2n) is 6.07. The average Bonchev–Trinajstić information content (AvgIpc) is 3.24. The topological polar surface area (TPSA) is 54.7 Å². The fraction of sp³-hybridized carbons (Fsp3) is 0.733. The van der Waals surface area contributed by atoms with Gasteiger partial charge >= 0.3 is 0 Å². The van der Waals surface area contributed by atoms with Gasteiger partial charge in [0.1, 0.15) is 0 Å². The van der Waals surface area contributed by atoms with Crippen molar-refractivity contribution < 1.29 is 4.74 Å². The summed E-state index contributed by atoms with van der Waals surface area (Å²) < 4.78 is 7.55. The van der Waals surface area contributed by atoms with Crippen molar-refractivity contribution in [1.82, 2.24) is 20.0 Å². The summed E-state index contributed by atoms with van der Waals surface area (Å²) in [6, 6.07) is 1.96. The first-order valence-electron chi connectivity index (χ1n) is 7.82. The first-order chi connectivity index (χ1) is 10.3. The molecule has 2 aliphatic rings. The summed E-state index contributed by atoms with van der Waals surface area (Å²) in [5.74, 6) is 1.03. The van der Waals surface area contributed by atoms with Gasteiger partial charge in [-0.2, -0.15) is 5.10 Å². The van der Waals surface area contributed by atoms with Crippen LogP contribution in [0, 0.1) is 5.41 Å². The van der Waals surface area contributed by atoms with Crippen LogP contribution in [0.25, 0.3) is 0 Å². The molecule has 1 spiro atoms. The van der Waals surface area contributed by atoms with E-state index in [0.29, 0.717) is 5.41 Å². The van der Waals surface area contributed by atoms with E-state index in [9.17, 15) is 0 Å². The molecule has 1 unspecified atom stereocenters. The zero-order valence-electron chi connectivity index (χ0n) is 12.8. The Balaban J connectivity index is 1.43. The quantitative estimate of drug-likeness (QED) is 0.510. The highest BCUT2D eigenvalue weighted by atomic mass is 16.5. The average molecular weight is 291 g/mol. The van der Waals surface area contributed by atoms with Gasteiger partial charge < -0.3 is 15.0 Å². The minimum absolute atomic E-state index is 0.382. The van der Waals surface area contributed by atoms with E-state index in [-0.39, 0.29) is 0 Å². The Morgan fingerprint density at radius 1 is 1.48 bits per heavy atom. The highest BCUT2D eigenvalue weighted by Gasteiger charge is 2.42. The Morgan fingerprint density at radius 3 is 3.14 bits per heavy atom. The standard InChI is InChI=1S/C15H25N5O/c1-16-14(17-6-2-8-20-9-3-7-18-20)19-10-4-15(12-19)5-11-21-13-15/h3,7,9H,2,4-6,8,10-13H2,1H3,(H,16,17). The van der Waals surface area contributed by atoms with Crippen molar-refractivity contribution in [2.45, 2.75) is 25.8 Å². The molecule has 1 atom stereocenters. The van der Waals surface area contributed by atoms with Crippen LogP contribution in [0.1, 0.15) is 19.3 Å². The van der Waals surface area contributed by atoms with Crippen molar-refractivity contribution in [2.75, 3.05) is 39.9 Å². The largest absolute Gasteiger partial charge is 0.381 e. The van der Waals surface area contributed by atoms with Crippen LogP contribution in [-0.2, 0) is 11.3 Å². The summed E-state index contributed by atoms with van der Waals surface area (Å²) in [7, 11) is 1.87. The molecule has 0 amide bonds. The summed E-state index contributed by atoms with van der Waals surface area (Å²) in [5.41, 5.74) is 0.382. The number of aryl methyl sites for hydroxylation is 1. The summed E-state index contributed by atoms with van der Waals surface area (Å²) in [6.45, 7) is 5.86. The SMILES string of the molecule is CN=C(NCCCn1cccn1)N1CCC2(CCOC2)C1. The van der Waals surface area contributed by atoms with E-state index in [1.807, 2.05) is 30.2 Å². The van der Waals surface area contributed by atoms with E-state index in [0.717, 1.165) is 51.8 Å². The fourth-order valence-corrected chi connectivity index (χ4v) is 3.29. The fourth-order valence-electron chi connectivity index (χ4n) is 3.29. The number of aromatic nitrogens is 2. The lowest BCUT2D eigenvalue weighted by Crippen LogP contribution is -2.41. The molecule has 0 bridgehead atoms. The molecule has 6 heteroatoms. The van der Waals surface area contributed by atoms with Crippen LogP contribution in [0.3, 0.4) is 0 Å². The lowest BCUT2D eigenvalue weighted by molar-refractivity contribution is 0.156. The smallest absolute Gasteiger partial charge is 0.193 e. The second kappa shape index (κ2) is 6.47. The zero-order chi connectivity index (χ0) is 14.5. The Morgan fingerprint density at radius 2 is 2.43 bits per heavy atom. The summed E-state index contributed by atoms with van der Waals surface area (Å²) in [5, 5.41) is 7.69. The number of ether oxygens (including phenoxy) is 1. The van der Waals surface area contributed by atoms with Gasteiger partial charge in [-0.25, -0.2) is 0 Å². The minimum atomic E-state index is 0.382. The number of likely N-dealkylation sites (tertiary alicyclic amines) is 1. The Kier molecular flexibility index (Phi) is 4.43. The highest BCUT2D eigenvalue weighted by Crippen LogP contribution is 2.38. The molecular formula is C15H25N5O. The number of nitrogens with one attached hydrogen (secondary N) is 1. The Hall–Kier alpha value is -1.56. The Bertz CT molecular complexity index is 464. The van der Waals surface area contributed by atoms with Crippen molar-refractivity contribution in [3.05, 3.63) is 18.5 Å². The third kappa shape index (κ3) is 3.37. The van der Waals surface area contributed by atoms with Gasteiger partial charge in [0.25, 0.3) is 0 Å². The van der Waals surface area contributed by atoms with Gasteiger partial charge in [-0.05, 0) is 25.3 Å². The summed E-state index contributed by atoms with van der Waals surface area (Å²) in [4.78, 5) is 6.80. The first-order valence-corrected chi connectivity index (χ1v) is 7.82. The predicted octanol–water partition coefficient (Wildman–Crippen LogP) is 0.961. The van der Waals surface area contributed by atoms with E-state index in [4.69, 9.17) is 4.74 Å². The monoisotopic (exact) mass is 291 g/mol. The van der Waals surface area contributed by atoms with Gasteiger partial charge in [0.05, 0.1) is 6.61 Å². The maximum Gasteiger partial charge on any atom is 0.193 e. The first kappa shape index (κ1) is 14.4. The van der Waals surface area contributed by atoms with Gasteiger partial charge in [-0.1, -0.05) is 0 Å². The van der Waals surface area contributed by atoms with Crippen molar-refractivity contribution >= 4 is 5.96 Å². The van der Waals surface area contributed by atoms with Gasteiger partial charge in [-0.3, -0.25) is 9.67 Å². The van der Waals surface area contributed by atoms with Crippen LogP contribution in [0.5, 0.6) is 0 Å². The van der Waals surface area contributed by atoms with Gasteiger partial charge in [0.2, 0.25) is 0 Å². The molecule has 0 aromatic carbocycles. The molecule has 116 valence electrons. The lowest BCUT2D eigenvalue weighted by Gasteiger charge is -2.24. The predicted molar refractivity (Wildman–Crippen MR) is 82.3 cm³/mol. The number of hydrogen-bond donors (Lipinski definition) is 1. The number of nitrogens with zero attached hydrogens (tertiary/aromatic N) is 4. The normalized spacial score (nSPS) is 26.0. The zero-order valence-corrected chi connectivity index (χ0v) is 12.8. The molecule has 1 aromatic rings. The highest BCUT2D eigenvalue weighted by molar-refractivity contribution is 5.80. The van der Waals surface area contributed by atoms with Crippen LogP contribution in [0.15, 0.2) is 23.5 Å². The van der Waals surface area contributed by atoms with Crippen LogP contribution in [0.4, 0.5) is 0 Å². The molecule has 6 nitrogen and oxygen atoms in total. The van der Waals surface area contributed by atoms with Crippen molar-refractivity contribution in [1.29, 1.82) is 0 Å². The van der Waals surface area contributed by atoms with Gasteiger partial charge in [-0.15, -0.1) is 0 Å². The van der Waals surface area contributed by atoms with Gasteiger partial charge in [0, 0.05) is 57.6 Å². The van der Waals surface area contributed by atoms with E-state index < -0.39 is 0 Å². The molecular weight excluding hydrogens is 266 g/mol. The van der Waals surface area contributed by atoms with Crippen molar-refractivity contribution in [3.63, 3.8) is 0 Å². The molecule has 0 aliphatic carbocycles. The lowest BCUT2D eigenvalue weighted by atomic mass is 9.87. The maximum atomic E-state index is 5.59. The Labute approximate surface area is 126 Å². The van der Waals surface area contributed by atoms with E-state index in [1.165, 1.54) is 12.8 Å². The molecule has 3 heterocycles. The van der Waals surface area contributed by atoms with Crippen LogP contribution >= 0.6 is 0 Å². The molecule has 3 rings (SSSR count). The molecule has 2 fully saturated rings. The van der Waals surface area contributed by atoms with Crippen molar-refractivity contribution in [3.8, 4) is 0 Å². The van der Waals surface area contributed by atoms with Crippen LogP contribution in [-0.4, -0.2) is 60.5 Å². The summed E-state index contributed by atoms with van der Waals surface area (Å²) in [6.07, 6.45) is 7.28. The van der Waals surface area contributed by atoms with E-state index in [1.54, 1.807) is 0 Å². The second-order valence-corrected chi connectivity index (χ2v) is 6.07. The number of aliphatic imine (C=N–C) groups is 1. The number of guanidine groups is 1. The molecule has 1 N–H and O–H groups in total. The molecule has 0 radical (unpaired) electrons.